The summed E-state index contributed by atoms with van der Waals surface area (Å²) in [6, 6.07) is 4.48. The summed E-state index contributed by atoms with van der Waals surface area (Å²) < 4.78 is 0. The molecule has 2 rings (SSSR count). The molecule has 0 bridgehead atoms. The molecule has 5 heteroatoms. The number of nitro groups is 1. The van der Waals surface area contributed by atoms with E-state index in [0.29, 0.717) is 11.5 Å². The van der Waals surface area contributed by atoms with Gasteiger partial charge in [-0.05, 0) is 37.7 Å². The van der Waals surface area contributed by atoms with Crippen molar-refractivity contribution in [1.82, 2.24) is 4.90 Å². The van der Waals surface area contributed by atoms with Crippen molar-refractivity contribution in [2.24, 2.45) is 5.92 Å². The van der Waals surface area contributed by atoms with Gasteiger partial charge in [0.1, 0.15) is 0 Å². The van der Waals surface area contributed by atoms with Gasteiger partial charge in [-0.1, -0.05) is 13.0 Å². The average molecular weight is 276 g/mol. The van der Waals surface area contributed by atoms with E-state index in [2.05, 4.69) is 6.92 Å². The highest BCUT2D eigenvalue weighted by atomic mass is 16.6. The highest BCUT2D eigenvalue weighted by Crippen LogP contribution is 2.22. The van der Waals surface area contributed by atoms with Crippen LogP contribution in [0.15, 0.2) is 18.2 Å². The number of benzene rings is 1. The van der Waals surface area contributed by atoms with E-state index in [1.165, 1.54) is 12.1 Å². The van der Waals surface area contributed by atoms with Gasteiger partial charge in [-0.15, -0.1) is 0 Å². The van der Waals surface area contributed by atoms with Crippen molar-refractivity contribution in [2.45, 2.75) is 33.1 Å². The quantitative estimate of drug-likeness (QED) is 0.615. The molecule has 1 heterocycles. The number of carbonyl (C=O) groups excluding carboxylic acids is 1. The number of likely N-dealkylation sites (tertiary alicyclic amines) is 1. The molecule has 1 unspecified atom stereocenters. The maximum Gasteiger partial charge on any atom is 0.270 e. The lowest BCUT2D eigenvalue weighted by atomic mass is 10.0. The molecule has 1 aromatic carbocycles. The second-order valence-corrected chi connectivity index (χ2v) is 5.58. The zero-order chi connectivity index (χ0) is 14.7. The molecule has 108 valence electrons. The van der Waals surface area contributed by atoms with E-state index in [1.807, 2.05) is 11.8 Å². The number of nitro benzene ring substituents is 1. The predicted octanol–water partition coefficient (Wildman–Crippen LogP) is 3.17. The highest BCUT2D eigenvalue weighted by molar-refractivity contribution is 5.96. The summed E-state index contributed by atoms with van der Waals surface area (Å²) in [4.78, 5) is 24.8. The Morgan fingerprint density at radius 1 is 1.35 bits per heavy atom. The zero-order valence-electron chi connectivity index (χ0n) is 12.0. The minimum Gasteiger partial charge on any atom is -0.339 e. The lowest BCUT2D eigenvalue weighted by molar-refractivity contribution is -0.384. The van der Waals surface area contributed by atoms with Crippen LogP contribution in [-0.2, 0) is 0 Å². The van der Waals surface area contributed by atoms with E-state index < -0.39 is 4.92 Å². The molecular formula is C15H20N2O3. The van der Waals surface area contributed by atoms with Crippen LogP contribution in [-0.4, -0.2) is 28.8 Å². The standard InChI is InChI=1S/C15H20N2O3/c1-11-4-3-8-16(9-7-11)15(18)14-10-13(17(19)20)6-5-12(14)2/h5-6,10-11H,3-4,7-9H2,1-2H3. The molecule has 20 heavy (non-hydrogen) atoms. The SMILES string of the molecule is Cc1ccc([N+](=O)[O-])cc1C(=O)N1CCCC(C)CC1. The summed E-state index contributed by atoms with van der Waals surface area (Å²) in [6.45, 7) is 5.50. The fraction of sp³-hybridized carbons (Fsp3) is 0.533. The van der Waals surface area contributed by atoms with Gasteiger partial charge in [0.25, 0.3) is 11.6 Å². The number of amides is 1. The van der Waals surface area contributed by atoms with Crippen LogP contribution >= 0.6 is 0 Å². The van der Waals surface area contributed by atoms with Crippen molar-refractivity contribution in [2.75, 3.05) is 13.1 Å². The largest absolute Gasteiger partial charge is 0.339 e. The van der Waals surface area contributed by atoms with Gasteiger partial charge in [0.15, 0.2) is 0 Å². The first-order chi connectivity index (χ1) is 9.49. The van der Waals surface area contributed by atoms with Crippen molar-refractivity contribution in [1.29, 1.82) is 0 Å². The third-order valence-corrected chi connectivity index (χ3v) is 3.97. The molecule has 0 N–H and O–H groups in total. The van der Waals surface area contributed by atoms with E-state index >= 15 is 0 Å². The van der Waals surface area contributed by atoms with Crippen LogP contribution in [0, 0.1) is 23.0 Å². The molecule has 0 saturated carbocycles. The zero-order valence-corrected chi connectivity index (χ0v) is 12.0. The fourth-order valence-electron chi connectivity index (χ4n) is 2.59. The van der Waals surface area contributed by atoms with E-state index in [4.69, 9.17) is 0 Å². The normalized spacial score (nSPS) is 19.5. The number of hydrogen-bond acceptors (Lipinski definition) is 3. The van der Waals surface area contributed by atoms with Crippen LogP contribution in [0.4, 0.5) is 5.69 Å². The van der Waals surface area contributed by atoms with Crippen molar-refractivity contribution in [3.8, 4) is 0 Å². The van der Waals surface area contributed by atoms with Gasteiger partial charge in [0.2, 0.25) is 0 Å². The Morgan fingerprint density at radius 3 is 2.80 bits per heavy atom. The molecule has 1 aromatic rings. The Hall–Kier alpha value is -1.91. The Balaban J connectivity index is 2.23. The number of non-ortho nitro benzene ring substituents is 1. The Labute approximate surface area is 118 Å². The Bertz CT molecular complexity index is 528. The van der Waals surface area contributed by atoms with Crippen LogP contribution in [0.2, 0.25) is 0 Å². The molecule has 5 nitrogen and oxygen atoms in total. The molecule has 1 aliphatic heterocycles. The minimum atomic E-state index is -0.458. The average Bonchev–Trinajstić information content (AvgIpc) is 2.63. The monoisotopic (exact) mass is 276 g/mol. The van der Waals surface area contributed by atoms with Crippen molar-refractivity contribution in [3.05, 3.63) is 39.4 Å². The van der Waals surface area contributed by atoms with Crippen LogP contribution in [0.1, 0.15) is 42.1 Å². The first-order valence-electron chi connectivity index (χ1n) is 7.03. The van der Waals surface area contributed by atoms with E-state index in [1.54, 1.807) is 6.07 Å². The lowest BCUT2D eigenvalue weighted by Crippen LogP contribution is -2.32. The van der Waals surface area contributed by atoms with Crippen LogP contribution in [0.5, 0.6) is 0 Å². The third kappa shape index (κ3) is 3.15. The molecule has 1 atom stereocenters. The number of nitrogens with zero attached hydrogens (tertiary/aromatic N) is 2. The van der Waals surface area contributed by atoms with Gasteiger partial charge in [-0.25, -0.2) is 0 Å². The number of rotatable bonds is 2. The Kier molecular flexibility index (Phi) is 4.37. The number of hydrogen-bond donors (Lipinski definition) is 0. The summed E-state index contributed by atoms with van der Waals surface area (Å²) in [5.41, 5.74) is 1.22. The summed E-state index contributed by atoms with van der Waals surface area (Å²) in [6.07, 6.45) is 3.14. The molecule has 1 saturated heterocycles. The second-order valence-electron chi connectivity index (χ2n) is 5.58. The first-order valence-corrected chi connectivity index (χ1v) is 7.03. The van der Waals surface area contributed by atoms with Crippen molar-refractivity contribution < 1.29 is 9.72 Å². The lowest BCUT2D eigenvalue weighted by Gasteiger charge is -2.21. The van der Waals surface area contributed by atoms with Crippen LogP contribution < -0.4 is 0 Å². The highest BCUT2D eigenvalue weighted by Gasteiger charge is 2.22. The first kappa shape index (κ1) is 14.5. The minimum absolute atomic E-state index is 0.0258. The van der Waals surface area contributed by atoms with Gasteiger partial charge in [0, 0.05) is 30.8 Å². The molecule has 0 radical (unpaired) electrons. The van der Waals surface area contributed by atoms with Gasteiger partial charge in [0.05, 0.1) is 4.92 Å². The topological polar surface area (TPSA) is 63.5 Å². The molecule has 1 fully saturated rings. The molecule has 0 spiro atoms. The molecule has 0 aromatic heterocycles. The summed E-state index contributed by atoms with van der Waals surface area (Å²) >= 11 is 0. The summed E-state index contributed by atoms with van der Waals surface area (Å²) in [7, 11) is 0. The maximum atomic E-state index is 12.6. The van der Waals surface area contributed by atoms with Crippen LogP contribution in [0.25, 0.3) is 0 Å². The van der Waals surface area contributed by atoms with Crippen molar-refractivity contribution >= 4 is 11.6 Å². The van der Waals surface area contributed by atoms with Gasteiger partial charge < -0.3 is 4.90 Å². The summed E-state index contributed by atoms with van der Waals surface area (Å²) in [5, 5.41) is 10.8. The van der Waals surface area contributed by atoms with Gasteiger partial charge >= 0.3 is 0 Å². The second kappa shape index (κ2) is 6.03. The number of carbonyl (C=O) groups is 1. The van der Waals surface area contributed by atoms with Gasteiger partial charge in [-0.2, -0.15) is 0 Å². The van der Waals surface area contributed by atoms with Gasteiger partial charge in [-0.3, -0.25) is 14.9 Å². The summed E-state index contributed by atoms with van der Waals surface area (Å²) in [5.74, 6) is 0.555. The van der Waals surface area contributed by atoms with E-state index in [9.17, 15) is 14.9 Å². The van der Waals surface area contributed by atoms with Crippen molar-refractivity contribution in [3.63, 3.8) is 0 Å². The fourth-order valence-corrected chi connectivity index (χ4v) is 2.59. The molecule has 1 aliphatic rings. The molecule has 1 amide bonds. The predicted molar refractivity (Wildman–Crippen MR) is 76.8 cm³/mol. The van der Waals surface area contributed by atoms with E-state index in [-0.39, 0.29) is 11.6 Å². The molecule has 0 aliphatic carbocycles. The van der Waals surface area contributed by atoms with E-state index in [0.717, 1.165) is 37.9 Å². The third-order valence-electron chi connectivity index (χ3n) is 3.97. The number of aryl methyl sites for hydroxylation is 1. The smallest absolute Gasteiger partial charge is 0.270 e. The molecular weight excluding hydrogens is 256 g/mol. The Morgan fingerprint density at radius 2 is 2.10 bits per heavy atom. The maximum absolute atomic E-state index is 12.6. The van der Waals surface area contributed by atoms with Crippen LogP contribution in [0.3, 0.4) is 0 Å².